The Morgan fingerprint density at radius 1 is 1.12 bits per heavy atom. The average Bonchev–Trinajstić information content (AvgIpc) is 3.11. The van der Waals surface area contributed by atoms with E-state index in [-0.39, 0.29) is 0 Å². The van der Waals surface area contributed by atoms with Gasteiger partial charge in [-0.2, -0.15) is 0 Å². The molecule has 0 radical (unpaired) electrons. The lowest BCUT2D eigenvalue weighted by atomic mass is 10.1. The van der Waals surface area contributed by atoms with E-state index in [0.717, 1.165) is 41.7 Å². The predicted molar refractivity (Wildman–Crippen MR) is 141 cm³/mol. The third-order valence-corrected chi connectivity index (χ3v) is 7.78. The van der Waals surface area contributed by atoms with Crippen molar-refractivity contribution in [1.29, 1.82) is 0 Å². The topological polar surface area (TPSA) is 62.7 Å². The van der Waals surface area contributed by atoms with Crippen LogP contribution in [0, 0.1) is 13.8 Å². The molecule has 0 unspecified atom stereocenters. The molecule has 5 nitrogen and oxygen atoms in total. The standard InChI is InChI=1S/C27H34N2O3S2/c1-19-7-6-8-22(15-19)16-25-28-24(20(2)33-25)18-29(13-14-32-5)17-21-9-11-23(12-10-21)34-27(3,4)26(30)31/h6-12,15H,13-14,16-18H2,1-5H3,(H,30,31). The predicted octanol–water partition coefficient (Wildman–Crippen LogP) is 5.95. The Morgan fingerprint density at radius 2 is 1.85 bits per heavy atom. The van der Waals surface area contributed by atoms with Gasteiger partial charge in [0.25, 0.3) is 0 Å². The number of aliphatic carboxylic acids is 1. The van der Waals surface area contributed by atoms with Crippen molar-refractivity contribution in [3.8, 4) is 0 Å². The molecule has 0 aliphatic heterocycles. The summed E-state index contributed by atoms with van der Waals surface area (Å²) < 4.78 is 4.49. The highest BCUT2D eigenvalue weighted by atomic mass is 32.2. The van der Waals surface area contributed by atoms with Gasteiger partial charge in [0.15, 0.2) is 0 Å². The van der Waals surface area contributed by atoms with E-state index in [1.54, 1.807) is 32.3 Å². The van der Waals surface area contributed by atoms with Crippen LogP contribution >= 0.6 is 23.1 Å². The monoisotopic (exact) mass is 498 g/mol. The molecular formula is C27H34N2O3S2. The number of aromatic nitrogens is 1. The maximum absolute atomic E-state index is 11.4. The highest BCUT2D eigenvalue weighted by Crippen LogP contribution is 2.33. The number of hydrogen-bond donors (Lipinski definition) is 1. The lowest BCUT2D eigenvalue weighted by Gasteiger charge is -2.22. The number of carboxylic acid groups (broad SMARTS) is 1. The molecule has 0 spiro atoms. The first-order valence-corrected chi connectivity index (χ1v) is 13.0. The lowest BCUT2D eigenvalue weighted by molar-refractivity contribution is -0.138. The van der Waals surface area contributed by atoms with Gasteiger partial charge in [0.1, 0.15) is 4.75 Å². The molecule has 0 aliphatic rings. The summed E-state index contributed by atoms with van der Waals surface area (Å²) in [6.07, 6.45) is 0.858. The van der Waals surface area contributed by atoms with Crippen molar-refractivity contribution in [2.24, 2.45) is 0 Å². The molecule has 0 amide bonds. The molecule has 1 aromatic heterocycles. The van der Waals surface area contributed by atoms with Crippen molar-refractivity contribution in [2.45, 2.75) is 56.8 Å². The number of thioether (sulfide) groups is 1. The number of ether oxygens (including phenoxy) is 1. The number of nitrogens with zero attached hydrogens (tertiary/aromatic N) is 2. The van der Waals surface area contributed by atoms with Crippen LogP contribution in [0.5, 0.6) is 0 Å². The summed E-state index contributed by atoms with van der Waals surface area (Å²) in [6.45, 7) is 10.7. The number of rotatable bonds is 12. The fraction of sp³-hybridized carbons (Fsp3) is 0.407. The molecule has 0 fully saturated rings. The van der Waals surface area contributed by atoms with Crippen LogP contribution in [0.3, 0.4) is 0 Å². The second-order valence-electron chi connectivity index (χ2n) is 9.04. The van der Waals surface area contributed by atoms with E-state index in [2.05, 4.69) is 55.1 Å². The van der Waals surface area contributed by atoms with E-state index >= 15 is 0 Å². The van der Waals surface area contributed by atoms with E-state index in [0.29, 0.717) is 6.61 Å². The van der Waals surface area contributed by atoms with E-state index in [9.17, 15) is 9.90 Å². The second kappa shape index (κ2) is 12.0. The maximum atomic E-state index is 11.4. The van der Waals surface area contributed by atoms with Crippen molar-refractivity contribution < 1.29 is 14.6 Å². The van der Waals surface area contributed by atoms with Gasteiger partial charge in [-0.1, -0.05) is 42.0 Å². The number of thiazole rings is 1. The maximum Gasteiger partial charge on any atom is 0.319 e. The summed E-state index contributed by atoms with van der Waals surface area (Å²) in [7, 11) is 1.72. The number of methoxy groups -OCH3 is 1. The molecule has 3 aromatic rings. The van der Waals surface area contributed by atoms with E-state index in [1.165, 1.54) is 33.3 Å². The average molecular weight is 499 g/mol. The van der Waals surface area contributed by atoms with Crippen LogP contribution in [0.1, 0.15) is 46.1 Å². The Hall–Kier alpha value is -2.19. The number of hydrogen-bond acceptors (Lipinski definition) is 6. The minimum atomic E-state index is -0.857. The Balaban J connectivity index is 1.68. The van der Waals surface area contributed by atoms with Gasteiger partial charge < -0.3 is 9.84 Å². The summed E-state index contributed by atoms with van der Waals surface area (Å²) >= 11 is 3.14. The molecule has 7 heteroatoms. The summed E-state index contributed by atoms with van der Waals surface area (Å²) in [5.74, 6) is -0.812. The van der Waals surface area contributed by atoms with Crippen molar-refractivity contribution in [3.05, 3.63) is 80.8 Å². The van der Waals surface area contributed by atoms with Crippen LogP contribution < -0.4 is 0 Å². The minimum absolute atomic E-state index is 0.653. The van der Waals surface area contributed by atoms with Crippen LogP contribution in [0.15, 0.2) is 53.4 Å². The molecule has 3 rings (SSSR count). The van der Waals surface area contributed by atoms with E-state index in [4.69, 9.17) is 9.72 Å². The van der Waals surface area contributed by atoms with Crippen LogP contribution in [0.25, 0.3) is 0 Å². The van der Waals surface area contributed by atoms with E-state index in [1.807, 2.05) is 12.1 Å². The van der Waals surface area contributed by atoms with Gasteiger partial charge in [-0.25, -0.2) is 4.98 Å². The summed E-state index contributed by atoms with van der Waals surface area (Å²) in [5.41, 5.74) is 4.87. The molecule has 182 valence electrons. The van der Waals surface area contributed by atoms with Gasteiger partial charge >= 0.3 is 5.97 Å². The van der Waals surface area contributed by atoms with Gasteiger partial charge in [-0.3, -0.25) is 9.69 Å². The Bertz CT molecular complexity index is 1090. The third-order valence-electron chi connectivity index (χ3n) is 5.58. The quantitative estimate of drug-likeness (QED) is 0.311. The van der Waals surface area contributed by atoms with Gasteiger partial charge in [0, 0.05) is 42.9 Å². The lowest BCUT2D eigenvalue weighted by Crippen LogP contribution is -2.27. The highest BCUT2D eigenvalue weighted by molar-refractivity contribution is 8.01. The zero-order valence-corrected chi connectivity index (χ0v) is 22.3. The molecule has 1 heterocycles. The zero-order chi connectivity index (χ0) is 24.7. The SMILES string of the molecule is COCCN(Cc1ccc(SC(C)(C)C(=O)O)cc1)Cc1nc(Cc2cccc(C)c2)sc1C. The van der Waals surface area contributed by atoms with Crippen LogP contribution in [-0.4, -0.2) is 46.0 Å². The summed E-state index contributed by atoms with van der Waals surface area (Å²) in [6, 6.07) is 16.8. The molecule has 0 bridgehead atoms. The van der Waals surface area contributed by atoms with Crippen molar-refractivity contribution in [2.75, 3.05) is 20.3 Å². The Kier molecular flexibility index (Phi) is 9.31. The van der Waals surface area contributed by atoms with Crippen molar-refractivity contribution in [3.63, 3.8) is 0 Å². The number of carboxylic acids is 1. The number of aryl methyl sites for hydroxylation is 2. The Labute approximate surface area is 211 Å². The first-order valence-electron chi connectivity index (χ1n) is 11.4. The third kappa shape index (κ3) is 7.67. The number of benzene rings is 2. The van der Waals surface area contributed by atoms with E-state index < -0.39 is 10.7 Å². The molecule has 0 aliphatic carbocycles. The van der Waals surface area contributed by atoms with Gasteiger partial charge in [0.2, 0.25) is 0 Å². The fourth-order valence-corrected chi connectivity index (χ4v) is 5.54. The summed E-state index contributed by atoms with van der Waals surface area (Å²) in [5, 5.41) is 10.5. The molecule has 0 saturated heterocycles. The smallest absolute Gasteiger partial charge is 0.319 e. The zero-order valence-electron chi connectivity index (χ0n) is 20.6. The summed E-state index contributed by atoms with van der Waals surface area (Å²) in [4.78, 5) is 21.0. The molecule has 0 saturated carbocycles. The molecule has 0 atom stereocenters. The van der Waals surface area contributed by atoms with Gasteiger partial charge in [0.05, 0.1) is 17.3 Å². The highest BCUT2D eigenvalue weighted by Gasteiger charge is 2.28. The van der Waals surface area contributed by atoms with Crippen LogP contribution in [0.4, 0.5) is 0 Å². The first kappa shape index (κ1) is 26.4. The molecule has 34 heavy (non-hydrogen) atoms. The fourth-order valence-electron chi connectivity index (χ4n) is 3.61. The Morgan fingerprint density at radius 3 is 2.50 bits per heavy atom. The van der Waals surface area contributed by atoms with Crippen molar-refractivity contribution >= 4 is 29.1 Å². The second-order valence-corrected chi connectivity index (χ2v) is 12.0. The van der Waals surface area contributed by atoms with Gasteiger partial charge in [-0.15, -0.1) is 23.1 Å². The minimum Gasteiger partial charge on any atom is -0.480 e. The largest absolute Gasteiger partial charge is 0.480 e. The molecule has 2 aromatic carbocycles. The normalized spacial score (nSPS) is 11.8. The molecular weight excluding hydrogens is 464 g/mol. The first-order chi connectivity index (χ1) is 16.2. The molecule has 1 N–H and O–H groups in total. The van der Waals surface area contributed by atoms with Gasteiger partial charge in [-0.05, 0) is 51.0 Å². The van der Waals surface area contributed by atoms with Crippen LogP contribution in [-0.2, 0) is 29.0 Å². The number of carbonyl (C=O) groups is 1. The van der Waals surface area contributed by atoms with Crippen molar-refractivity contribution in [1.82, 2.24) is 9.88 Å². The van der Waals surface area contributed by atoms with Crippen LogP contribution in [0.2, 0.25) is 0 Å².